The second-order valence-electron chi connectivity index (χ2n) is 7.07. The predicted octanol–water partition coefficient (Wildman–Crippen LogP) is 3.72. The van der Waals surface area contributed by atoms with Crippen LogP contribution in [0.2, 0.25) is 0 Å². The molecule has 3 rings (SSSR count). The lowest BCUT2D eigenvalue weighted by Crippen LogP contribution is -2.41. The molecule has 0 bridgehead atoms. The van der Waals surface area contributed by atoms with Gasteiger partial charge in [0.2, 0.25) is 5.91 Å². The number of hydrogen-bond donors (Lipinski definition) is 3. The van der Waals surface area contributed by atoms with E-state index in [0.717, 1.165) is 35.9 Å². The zero-order valence-corrected chi connectivity index (χ0v) is 18.0. The topological polar surface area (TPSA) is 104 Å². The molecule has 7 nitrogen and oxygen atoms in total. The number of anilines is 1. The van der Waals surface area contributed by atoms with E-state index in [1.165, 1.54) is 0 Å². The van der Waals surface area contributed by atoms with Crippen LogP contribution in [0.25, 0.3) is 6.08 Å². The Kier molecular flexibility index (Phi) is 7.25. The Morgan fingerprint density at radius 3 is 2.45 bits per heavy atom. The highest BCUT2D eigenvalue weighted by molar-refractivity contribution is 8.18. The zero-order valence-electron chi connectivity index (χ0n) is 17.2. The van der Waals surface area contributed by atoms with Crippen LogP contribution in [0.4, 0.5) is 10.5 Å². The first-order chi connectivity index (χ1) is 14.9. The van der Waals surface area contributed by atoms with E-state index in [9.17, 15) is 19.2 Å². The first kappa shape index (κ1) is 22.3. The highest BCUT2D eigenvalue weighted by Gasteiger charge is 2.25. The summed E-state index contributed by atoms with van der Waals surface area (Å²) in [4.78, 5) is 48.2. The highest BCUT2D eigenvalue weighted by atomic mass is 32.2. The van der Waals surface area contributed by atoms with Crippen molar-refractivity contribution >= 4 is 46.5 Å². The number of rotatable bonds is 7. The van der Waals surface area contributed by atoms with Gasteiger partial charge in [-0.15, -0.1) is 0 Å². The predicted molar refractivity (Wildman–Crippen MR) is 122 cm³/mol. The Balaban J connectivity index is 1.60. The zero-order chi connectivity index (χ0) is 22.4. The molecule has 3 N–H and O–H groups in total. The number of para-hydroxylation sites is 1. The van der Waals surface area contributed by atoms with Gasteiger partial charge >= 0.3 is 0 Å². The number of benzene rings is 2. The average Bonchev–Trinajstić information content (AvgIpc) is 3.06. The molecule has 8 heteroatoms. The monoisotopic (exact) mass is 437 g/mol. The van der Waals surface area contributed by atoms with Crippen molar-refractivity contribution in [3.63, 3.8) is 0 Å². The maximum Gasteiger partial charge on any atom is 0.290 e. The Hall–Kier alpha value is -3.39. The third kappa shape index (κ3) is 5.82. The summed E-state index contributed by atoms with van der Waals surface area (Å²) < 4.78 is 0. The van der Waals surface area contributed by atoms with Gasteiger partial charge in [-0.2, -0.15) is 0 Å². The van der Waals surface area contributed by atoms with E-state index < -0.39 is 17.2 Å². The van der Waals surface area contributed by atoms with Crippen molar-refractivity contribution in [2.75, 3.05) is 5.32 Å². The summed E-state index contributed by atoms with van der Waals surface area (Å²) in [5, 5.41) is 7.36. The molecule has 0 aliphatic carbocycles. The fourth-order valence-electron chi connectivity index (χ4n) is 3.02. The Bertz CT molecular complexity index is 1050. The van der Waals surface area contributed by atoms with Crippen molar-refractivity contribution < 1.29 is 19.2 Å². The third-order valence-electron chi connectivity index (χ3n) is 4.65. The largest absolute Gasteiger partial charge is 0.341 e. The average molecular weight is 438 g/mol. The van der Waals surface area contributed by atoms with Gasteiger partial charge in [-0.3, -0.25) is 24.5 Å². The second kappa shape index (κ2) is 10.1. The number of amides is 4. The van der Waals surface area contributed by atoms with Gasteiger partial charge in [-0.1, -0.05) is 43.7 Å². The van der Waals surface area contributed by atoms with Gasteiger partial charge < -0.3 is 10.6 Å². The molecule has 1 atom stereocenters. The van der Waals surface area contributed by atoms with Crippen LogP contribution in [0.1, 0.15) is 41.8 Å². The smallest absolute Gasteiger partial charge is 0.290 e. The molecule has 4 amide bonds. The number of imide groups is 1. The molecule has 1 fully saturated rings. The minimum Gasteiger partial charge on any atom is -0.341 e. The molecule has 1 saturated heterocycles. The van der Waals surface area contributed by atoms with Crippen molar-refractivity contribution in [2.45, 2.75) is 32.7 Å². The number of hydrogen-bond acceptors (Lipinski definition) is 5. The lowest BCUT2D eigenvalue weighted by atomic mass is 10.1. The van der Waals surface area contributed by atoms with E-state index in [4.69, 9.17) is 0 Å². The summed E-state index contributed by atoms with van der Waals surface area (Å²) in [7, 11) is 0. The minimum atomic E-state index is -0.728. The van der Waals surface area contributed by atoms with Gasteiger partial charge in [0, 0.05) is 11.3 Å². The van der Waals surface area contributed by atoms with E-state index in [0.29, 0.717) is 16.0 Å². The molecule has 0 aromatic heterocycles. The molecule has 0 radical (unpaired) electrons. The fourth-order valence-corrected chi connectivity index (χ4v) is 3.70. The second-order valence-corrected chi connectivity index (χ2v) is 8.08. The summed E-state index contributed by atoms with van der Waals surface area (Å²) in [6.07, 6.45) is 3.40. The fraction of sp³-hybridized carbons (Fsp3) is 0.217. The summed E-state index contributed by atoms with van der Waals surface area (Å²) in [5.41, 5.74) is 2.87. The van der Waals surface area contributed by atoms with E-state index >= 15 is 0 Å². The van der Waals surface area contributed by atoms with Crippen molar-refractivity contribution in [3.8, 4) is 0 Å². The quantitative estimate of drug-likeness (QED) is 0.573. The van der Waals surface area contributed by atoms with Crippen molar-refractivity contribution in [1.29, 1.82) is 0 Å². The van der Waals surface area contributed by atoms with Gasteiger partial charge in [0.25, 0.3) is 17.1 Å². The molecule has 2 aromatic rings. The number of carbonyl (C=O) groups excluding carboxylic acids is 4. The van der Waals surface area contributed by atoms with Crippen LogP contribution in [-0.4, -0.2) is 29.0 Å². The van der Waals surface area contributed by atoms with Gasteiger partial charge in [0.1, 0.15) is 6.04 Å². The number of nitrogens with one attached hydrogen (secondary N) is 3. The van der Waals surface area contributed by atoms with Crippen LogP contribution in [0.5, 0.6) is 0 Å². The molecule has 1 aliphatic heterocycles. The van der Waals surface area contributed by atoms with Crippen molar-refractivity contribution in [3.05, 3.63) is 70.1 Å². The van der Waals surface area contributed by atoms with Crippen LogP contribution in [0.15, 0.2) is 53.4 Å². The van der Waals surface area contributed by atoms with Crippen molar-refractivity contribution in [2.24, 2.45) is 0 Å². The molecule has 160 valence electrons. The molecule has 0 unspecified atom stereocenters. The molecule has 0 spiro atoms. The van der Waals surface area contributed by atoms with Gasteiger partial charge in [0.15, 0.2) is 0 Å². The van der Waals surface area contributed by atoms with Gasteiger partial charge in [0.05, 0.1) is 4.91 Å². The Morgan fingerprint density at radius 2 is 1.81 bits per heavy atom. The highest BCUT2D eigenvalue weighted by Crippen LogP contribution is 2.25. The normalized spacial score (nSPS) is 15.5. The molecular formula is C23H23N3O4S. The molecule has 2 aromatic carbocycles. The van der Waals surface area contributed by atoms with E-state index in [2.05, 4.69) is 22.9 Å². The van der Waals surface area contributed by atoms with E-state index in [1.54, 1.807) is 37.3 Å². The first-order valence-corrected chi connectivity index (χ1v) is 10.7. The standard InChI is InChI=1S/C23H23N3O4S/c1-3-6-16-7-4-5-8-18(16)25-20(27)14(2)24-21(28)17-11-9-15(10-12-17)13-19-22(29)26-23(30)31-19/h4-5,7-14H,3,6H2,1-2H3,(H,24,28)(H,25,27)(H,26,29,30)/b19-13-/t14-/m0/s1. The molecule has 0 saturated carbocycles. The summed E-state index contributed by atoms with van der Waals surface area (Å²) >= 11 is 0.833. The maximum absolute atomic E-state index is 12.5. The molecular weight excluding hydrogens is 414 g/mol. The summed E-state index contributed by atoms with van der Waals surface area (Å²) in [5.74, 6) is -1.11. The number of carbonyl (C=O) groups is 4. The molecule has 31 heavy (non-hydrogen) atoms. The Morgan fingerprint density at radius 1 is 1.10 bits per heavy atom. The van der Waals surface area contributed by atoms with Crippen LogP contribution in [0, 0.1) is 0 Å². The van der Waals surface area contributed by atoms with Gasteiger partial charge in [-0.05, 0) is 60.5 Å². The first-order valence-electron chi connectivity index (χ1n) is 9.92. The lowest BCUT2D eigenvalue weighted by Gasteiger charge is -2.16. The van der Waals surface area contributed by atoms with Crippen LogP contribution in [-0.2, 0) is 16.0 Å². The lowest BCUT2D eigenvalue weighted by molar-refractivity contribution is -0.117. The minimum absolute atomic E-state index is 0.299. The summed E-state index contributed by atoms with van der Waals surface area (Å²) in [6.45, 7) is 3.70. The SMILES string of the molecule is CCCc1ccccc1NC(=O)[C@H](C)NC(=O)c1ccc(/C=C2\SC(=O)NC2=O)cc1. The number of aryl methyl sites for hydroxylation is 1. The van der Waals surface area contributed by atoms with Crippen molar-refractivity contribution in [1.82, 2.24) is 10.6 Å². The van der Waals surface area contributed by atoms with E-state index in [1.807, 2.05) is 24.3 Å². The van der Waals surface area contributed by atoms with Gasteiger partial charge in [-0.25, -0.2) is 0 Å². The van der Waals surface area contributed by atoms with Crippen LogP contribution in [0.3, 0.4) is 0 Å². The molecule has 1 aliphatic rings. The van der Waals surface area contributed by atoms with Crippen LogP contribution < -0.4 is 16.0 Å². The Labute approximate surface area is 184 Å². The van der Waals surface area contributed by atoms with Crippen LogP contribution >= 0.6 is 11.8 Å². The number of thioether (sulfide) groups is 1. The van der Waals surface area contributed by atoms with E-state index in [-0.39, 0.29) is 11.8 Å². The molecule has 1 heterocycles. The maximum atomic E-state index is 12.5. The summed E-state index contributed by atoms with van der Waals surface area (Å²) in [6, 6.07) is 13.4. The third-order valence-corrected chi connectivity index (χ3v) is 5.46.